The average Bonchev–Trinajstić information content (AvgIpc) is 2.70. The van der Waals surface area contributed by atoms with Crippen molar-refractivity contribution >= 4 is 17.7 Å². The van der Waals surface area contributed by atoms with Gasteiger partial charge in [-0.2, -0.15) is 0 Å². The lowest BCUT2D eigenvalue weighted by molar-refractivity contribution is 0.0469. The van der Waals surface area contributed by atoms with Gasteiger partial charge in [0.25, 0.3) is 5.91 Å². The van der Waals surface area contributed by atoms with Crippen molar-refractivity contribution in [3.05, 3.63) is 29.8 Å². The van der Waals surface area contributed by atoms with Gasteiger partial charge < -0.3 is 9.80 Å². The van der Waals surface area contributed by atoms with Crippen LogP contribution in [0, 0.1) is 0 Å². The third-order valence-electron chi connectivity index (χ3n) is 4.24. The molecular weight excluding hydrogens is 256 g/mol. The molecule has 2 saturated heterocycles. The molecule has 2 bridgehead atoms. The number of hydrogen-bond donors (Lipinski definition) is 0. The molecule has 2 heterocycles. The van der Waals surface area contributed by atoms with Crippen molar-refractivity contribution in [2.24, 2.45) is 0 Å². The number of amides is 1. The largest absolute Gasteiger partial charge is 0.330 e. The molecule has 0 aromatic heterocycles. The van der Waals surface area contributed by atoms with Crippen molar-refractivity contribution in [3.8, 4) is 0 Å². The maximum Gasteiger partial charge on any atom is 0.255 e. The summed E-state index contributed by atoms with van der Waals surface area (Å²) in [4.78, 5) is 18.4. The molecule has 0 aliphatic carbocycles. The number of likely N-dealkylation sites (N-methyl/N-ethyl adjacent to an activating group) is 1. The van der Waals surface area contributed by atoms with Gasteiger partial charge in [-0.25, -0.2) is 0 Å². The molecule has 2 aliphatic rings. The van der Waals surface area contributed by atoms with Gasteiger partial charge in [0.15, 0.2) is 0 Å². The van der Waals surface area contributed by atoms with E-state index in [0.717, 1.165) is 36.4 Å². The van der Waals surface area contributed by atoms with E-state index in [4.69, 9.17) is 0 Å². The molecule has 1 aromatic rings. The second-order valence-corrected chi connectivity index (χ2v) is 6.37. The Labute approximate surface area is 119 Å². The highest BCUT2D eigenvalue weighted by atomic mass is 32.2. The maximum absolute atomic E-state index is 12.8. The van der Waals surface area contributed by atoms with Crippen LogP contribution in [-0.2, 0) is 0 Å². The molecule has 2 aliphatic heterocycles. The zero-order chi connectivity index (χ0) is 13.4. The normalized spacial score (nSPS) is 26.7. The van der Waals surface area contributed by atoms with E-state index in [1.165, 1.54) is 0 Å². The minimum absolute atomic E-state index is 0.227. The summed E-state index contributed by atoms with van der Waals surface area (Å²) >= 11 is 1.65. The molecule has 1 aromatic carbocycles. The first-order valence-electron chi connectivity index (χ1n) is 6.85. The Hall–Kier alpha value is -1.00. The van der Waals surface area contributed by atoms with Crippen molar-refractivity contribution in [1.82, 2.24) is 9.80 Å². The van der Waals surface area contributed by atoms with Crippen LogP contribution >= 0.6 is 11.8 Å². The summed E-state index contributed by atoms with van der Waals surface area (Å²) in [6.45, 7) is 2.04. The highest BCUT2D eigenvalue weighted by Gasteiger charge is 2.41. The van der Waals surface area contributed by atoms with Crippen molar-refractivity contribution in [2.45, 2.75) is 29.8 Å². The quantitative estimate of drug-likeness (QED) is 0.775. The predicted octanol–water partition coefficient (Wildman–Crippen LogP) is 2.33. The van der Waals surface area contributed by atoms with Crippen molar-refractivity contribution in [3.63, 3.8) is 0 Å². The van der Waals surface area contributed by atoms with Gasteiger partial charge in [0.2, 0.25) is 0 Å². The minimum Gasteiger partial charge on any atom is -0.330 e. The fourth-order valence-corrected chi connectivity index (χ4v) is 4.00. The lowest BCUT2D eigenvalue weighted by Gasteiger charge is -2.39. The average molecular weight is 276 g/mol. The molecule has 19 heavy (non-hydrogen) atoms. The first kappa shape index (κ1) is 13.0. The molecule has 3 rings (SSSR count). The van der Waals surface area contributed by atoms with Gasteiger partial charge in [-0.15, -0.1) is 11.8 Å². The number of rotatable bonds is 2. The van der Waals surface area contributed by atoms with E-state index in [-0.39, 0.29) is 5.91 Å². The summed E-state index contributed by atoms with van der Waals surface area (Å²) in [6, 6.07) is 8.78. The van der Waals surface area contributed by atoms with Gasteiger partial charge in [0, 0.05) is 30.1 Å². The van der Waals surface area contributed by atoms with Crippen LogP contribution in [0.2, 0.25) is 0 Å². The Morgan fingerprint density at radius 3 is 2.47 bits per heavy atom. The summed E-state index contributed by atoms with van der Waals surface area (Å²) in [7, 11) is 2.16. The Kier molecular flexibility index (Phi) is 3.54. The molecule has 2 fully saturated rings. The van der Waals surface area contributed by atoms with E-state index in [1.54, 1.807) is 11.8 Å². The zero-order valence-corrected chi connectivity index (χ0v) is 12.3. The SMILES string of the molecule is CSc1ccccc1C(=O)N1C2CCC1CN(C)C2. The van der Waals surface area contributed by atoms with Crippen LogP contribution in [0.1, 0.15) is 23.2 Å². The van der Waals surface area contributed by atoms with E-state index in [9.17, 15) is 4.79 Å². The zero-order valence-electron chi connectivity index (χ0n) is 11.5. The van der Waals surface area contributed by atoms with Crippen molar-refractivity contribution in [2.75, 3.05) is 26.4 Å². The molecule has 3 nitrogen and oxygen atoms in total. The molecule has 1 amide bonds. The molecule has 2 unspecified atom stereocenters. The summed E-state index contributed by atoms with van der Waals surface area (Å²) in [5.41, 5.74) is 0.872. The third kappa shape index (κ3) is 2.28. The number of nitrogens with zero attached hydrogens (tertiary/aromatic N) is 2. The van der Waals surface area contributed by atoms with Crippen LogP contribution in [0.25, 0.3) is 0 Å². The Morgan fingerprint density at radius 1 is 1.21 bits per heavy atom. The summed E-state index contributed by atoms with van der Waals surface area (Å²) in [6.07, 6.45) is 4.34. The predicted molar refractivity (Wildman–Crippen MR) is 78.7 cm³/mol. The van der Waals surface area contributed by atoms with Crippen molar-refractivity contribution < 1.29 is 4.79 Å². The van der Waals surface area contributed by atoms with E-state index in [2.05, 4.69) is 16.8 Å². The van der Waals surface area contributed by atoms with Gasteiger partial charge >= 0.3 is 0 Å². The number of carbonyl (C=O) groups is 1. The van der Waals surface area contributed by atoms with E-state index in [0.29, 0.717) is 12.1 Å². The van der Waals surface area contributed by atoms with Crippen LogP contribution in [0.3, 0.4) is 0 Å². The van der Waals surface area contributed by atoms with E-state index in [1.807, 2.05) is 30.5 Å². The van der Waals surface area contributed by atoms with Gasteiger partial charge in [-0.1, -0.05) is 12.1 Å². The minimum atomic E-state index is 0.227. The van der Waals surface area contributed by atoms with Crippen LogP contribution in [0.4, 0.5) is 0 Å². The fourth-order valence-electron chi connectivity index (χ4n) is 3.41. The molecule has 0 radical (unpaired) electrons. The van der Waals surface area contributed by atoms with Crippen LogP contribution < -0.4 is 0 Å². The lowest BCUT2D eigenvalue weighted by atomic mass is 10.1. The Bertz CT molecular complexity index is 477. The van der Waals surface area contributed by atoms with Gasteiger partial charge in [-0.3, -0.25) is 4.79 Å². The molecule has 0 spiro atoms. The van der Waals surface area contributed by atoms with Crippen LogP contribution in [0.15, 0.2) is 29.2 Å². The van der Waals surface area contributed by atoms with Crippen LogP contribution in [0.5, 0.6) is 0 Å². The first-order chi connectivity index (χ1) is 9.20. The molecule has 0 saturated carbocycles. The number of thioether (sulfide) groups is 1. The number of piperazine rings is 1. The smallest absolute Gasteiger partial charge is 0.255 e. The molecule has 0 N–H and O–H groups in total. The highest BCUT2D eigenvalue weighted by Crippen LogP contribution is 2.32. The number of likely N-dealkylation sites (tertiary alicyclic amines) is 1. The molecular formula is C15H20N2OS. The molecule has 2 atom stereocenters. The summed E-state index contributed by atoms with van der Waals surface area (Å²) in [5, 5.41) is 0. The van der Waals surface area contributed by atoms with Gasteiger partial charge in [0.05, 0.1) is 5.56 Å². The first-order valence-corrected chi connectivity index (χ1v) is 8.07. The monoisotopic (exact) mass is 276 g/mol. The van der Waals surface area contributed by atoms with Crippen LogP contribution in [-0.4, -0.2) is 54.2 Å². The number of hydrogen-bond acceptors (Lipinski definition) is 3. The second-order valence-electron chi connectivity index (χ2n) is 5.52. The second kappa shape index (κ2) is 5.17. The molecule has 102 valence electrons. The summed E-state index contributed by atoms with van der Waals surface area (Å²) < 4.78 is 0. The van der Waals surface area contributed by atoms with E-state index >= 15 is 0 Å². The molecule has 4 heteroatoms. The number of carbonyl (C=O) groups excluding carboxylic acids is 1. The van der Waals surface area contributed by atoms with E-state index < -0.39 is 0 Å². The standard InChI is InChI=1S/C15H20N2OS/c1-16-9-11-7-8-12(10-16)17(11)15(18)13-5-3-4-6-14(13)19-2/h3-6,11-12H,7-10H2,1-2H3. The topological polar surface area (TPSA) is 23.6 Å². The fraction of sp³-hybridized carbons (Fsp3) is 0.533. The number of fused-ring (bicyclic) bond motifs is 2. The maximum atomic E-state index is 12.8. The van der Waals surface area contributed by atoms with Gasteiger partial charge in [0.1, 0.15) is 0 Å². The summed E-state index contributed by atoms with van der Waals surface area (Å²) in [5.74, 6) is 0.227. The van der Waals surface area contributed by atoms with Gasteiger partial charge in [-0.05, 0) is 38.3 Å². The van der Waals surface area contributed by atoms with Crippen molar-refractivity contribution in [1.29, 1.82) is 0 Å². The Morgan fingerprint density at radius 2 is 1.84 bits per heavy atom. The Balaban J connectivity index is 1.89. The third-order valence-corrected chi connectivity index (χ3v) is 5.03. The lowest BCUT2D eigenvalue weighted by Crippen LogP contribution is -2.54. The highest BCUT2D eigenvalue weighted by molar-refractivity contribution is 7.98. The number of benzene rings is 1.